The van der Waals surface area contributed by atoms with Gasteiger partial charge < -0.3 is 4.74 Å². The molecule has 0 aliphatic carbocycles. The number of nitrogens with zero attached hydrogens (tertiary/aromatic N) is 1. The molecule has 1 fully saturated rings. The molecule has 5 heteroatoms. The van der Waals surface area contributed by atoms with Gasteiger partial charge in [-0.05, 0) is 34.1 Å². The molecule has 0 spiro atoms. The monoisotopic (exact) mass is 241 g/mol. The molecule has 1 rings (SSSR count). The molecule has 5 nitrogen and oxygen atoms in total. The van der Waals surface area contributed by atoms with Crippen LogP contribution in [-0.2, 0) is 19.1 Å². The van der Waals surface area contributed by atoms with Gasteiger partial charge in [-0.3, -0.25) is 14.5 Å². The molecule has 1 heterocycles. The molecular formula is C12H19NO4. The van der Waals surface area contributed by atoms with E-state index in [0.29, 0.717) is 19.3 Å². The highest BCUT2D eigenvalue weighted by Crippen LogP contribution is 2.18. The molecule has 17 heavy (non-hydrogen) atoms. The van der Waals surface area contributed by atoms with E-state index in [4.69, 9.17) is 4.74 Å². The molecule has 1 unspecified atom stereocenters. The van der Waals surface area contributed by atoms with Crippen LogP contribution in [0.1, 0.15) is 47.0 Å². The smallest absolute Gasteiger partial charge is 0.329 e. The quantitative estimate of drug-likeness (QED) is 0.539. The summed E-state index contributed by atoms with van der Waals surface area (Å²) in [4.78, 5) is 36.0. The minimum absolute atomic E-state index is 0.292. The molecule has 0 N–H and O–H groups in total. The van der Waals surface area contributed by atoms with Crippen LogP contribution in [-0.4, -0.2) is 34.3 Å². The van der Waals surface area contributed by atoms with E-state index >= 15 is 0 Å². The van der Waals surface area contributed by atoms with Gasteiger partial charge in [0.1, 0.15) is 11.6 Å². The first kappa shape index (κ1) is 13.7. The maximum atomic E-state index is 11.8. The van der Waals surface area contributed by atoms with Gasteiger partial charge in [-0.25, -0.2) is 4.79 Å². The normalized spacial score (nSPS) is 19.2. The summed E-state index contributed by atoms with van der Waals surface area (Å²) in [5, 5.41) is 0. The van der Waals surface area contributed by atoms with E-state index in [0.717, 1.165) is 4.90 Å². The molecule has 0 saturated carbocycles. The molecule has 0 bridgehead atoms. The first-order valence-corrected chi connectivity index (χ1v) is 5.80. The second-order valence-electron chi connectivity index (χ2n) is 5.22. The van der Waals surface area contributed by atoms with Crippen molar-refractivity contribution >= 4 is 17.8 Å². The zero-order valence-corrected chi connectivity index (χ0v) is 10.8. The van der Waals surface area contributed by atoms with Gasteiger partial charge in [0.15, 0.2) is 0 Å². The number of imide groups is 1. The highest BCUT2D eigenvalue weighted by molar-refractivity contribution is 6.01. The zero-order valence-electron chi connectivity index (χ0n) is 10.8. The van der Waals surface area contributed by atoms with Crippen molar-refractivity contribution in [2.45, 2.75) is 58.6 Å². The number of hydrogen-bond acceptors (Lipinski definition) is 4. The first-order chi connectivity index (χ1) is 7.72. The molecule has 0 aromatic carbocycles. The fraction of sp³-hybridized carbons (Fsp3) is 0.750. The molecule has 1 aliphatic rings. The van der Waals surface area contributed by atoms with Crippen LogP contribution in [0.4, 0.5) is 0 Å². The van der Waals surface area contributed by atoms with E-state index in [1.54, 1.807) is 20.8 Å². The summed E-state index contributed by atoms with van der Waals surface area (Å²) in [7, 11) is 0. The Morgan fingerprint density at radius 3 is 2.12 bits per heavy atom. The predicted molar refractivity (Wildman–Crippen MR) is 61.0 cm³/mol. The second kappa shape index (κ2) is 4.85. The molecule has 96 valence electrons. The number of piperidine rings is 1. The SMILES string of the molecule is CC(C(=O)OC(C)(C)C)N1C(=O)CCCC1=O. The van der Waals surface area contributed by atoms with Gasteiger partial charge >= 0.3 is 5.97 Å². The van der Waals surface area contributed by atoms with Crippen molar-refractivity contribution in [1.82, 2.24) is 4.90 Å². The van der Waals surface area contributed by atoms with Gasteiger partial charge in [0, 0.05) is 12.8 Å². The third kappa shape index (κ3) is 3.54. The van der Waals surface area contributed by atoms with Crippen LogP contribution in [0.3, 0.4) is 0 Å². The van der Waals surface area contributed by atoms with E-state index in [-0.39, 0.29) is 11.8 Å². The highest BCUT2D eigenvalue weighted by Gasteiger charge is 2.35. The van der Waals surface area contributed by atoms with Gasteiger partial charge in [0.25, 0.3) is 0 Å². The summed E-state index contributed by atoms with van der Waals surface area (Å²) < 4.78 is 5.16. The van der Waals surface area contributed by atoms with Crippen LogP contribution in [0.5, 0.6) is 0 Å². The van der Waals surface area contributed by atoms with E-state index in [1.807, 2.05) is 0 Å². The minimum Gasteiger partial charge on any atom is -0.458 e. The van der Waals surface area contributed by atoms with Crippen LogP contribution >= 0.6 is 0 Å². The Bertz CT molecular complexity index is 327. The molecule has 0 radical (unpaired) electrons. The Kier molecular flexibility index (Phi) is 3.91. The highest BCUT2D eigenvalue weighted by atomic mass is 16.6. The maximum Gasteiger partial charge on any atom is 0.329 e. The van der Waals surface area contributed by atoms with Gasteiger partial charge in [-0.2, -0.15) is 0 Å². The number of carbonyl (C=O) groups excluding carboxylic acids is 3. The van der Waals surface area contributed by atoms with E-state index in [9.17, 15) is 14.4 Å². The van der Waals surface area contributed by atoms with Crippen LogP contribution in [0.2, 0.25) is 0 Å². The Labute approximate surface area is 101 Å². The first-order valence-electron chi connectivity index (χ1n) is 5.80. The third-order valence-corrected chi connectivity index (χ3v) is 2.45. The molecule has 2 amide bonds. The van der Waals surface area contributed by atoms with E-state index < -0.39 is 17.6 Å². The topological polar surface area (TPSA) is 63.7 Å². The van der Waals surface area contributed by atoms with Crippen molar-refractivity contribution < 1.29 is 19.1 Å². The summed E-state index contributed by atoms with van der Waals surface area (Å²) in [5.41, 5.74) is -0.618. The van der Waals surface area contributed by atoms with Crippen molar-refractivity contribution in [1.29, 1.82) is 0 Å². The lowest BCUT2D eigenvalue weighted by atomic mass is 10.1. The van der Waals surface area contributed by atoms with Gasteiger partial charge in [-0.1, -0.05) is 0 Å². The molecule has 1 saturated heterocycles. The minimum atomic E-state index is -0.838. The van der Waals surface area contributed by atoms with E-state index in [2.05, 4.69) is 0 Å². The van der Waals surface area contributed by atoms with Crippen molar-refractivity contribution in [2.24, 2.45) is 0 Å². The number of ether oxygens (including phenoxy) is 1. The standard InChI is InChI=1S/C12H19NO4/c1-8(11(16)17-12(2,3)4)13-9(14)6-5-7-10(13)15/h8H,5-7H2,1-4H3. The predicted octanol–water partition coefficient (Wildman–Crippen LogP) is 1.26. The third-order valence-electron chi connectivity index (χ3n) is 2.45. The van der Waals surface area contributed by atoms with Crippen LogP contribution < -0.4 is 0 Å². The molecule has 0 aromatic rings. The lowest BCUT2D eigenvalue weighted by Gasteiger charge is -2.31. The zero-order chi connectivity index (χ0) is 13.2. The number of esters is 1. The molecule has 1 aliphatic heterocycles. The summed E-state index contributed by atoms with van der Waals surface area (Å²) in [6.45, 7) is 6.77. The van der Waals surface area contributed by atoms with Gasteiger partial charge in [0.2, 0.25) is 11.8 Å². The summed E-state index contributed by atoms with van der Waals surface area (Å²) >= 11 is 0. The number of likely N-dealkylation sites (tertiary alicyclic amines) is 1. The largest absolute Gasteiger partial charge is 0.458 e. The Balaban J connectivity index is 2.74. The van der Waals surface area contributed by atoms with Crippen LogP contribution in [0.15, 0.2) is 0 Å². The number of amides is 2. The van der Waals surface area contributed by atoms with Gasteiger partial charge in [0.05, 0.1) is 0 Å². The van der Waals surface area contributed by atoms with Crippen molar-refractivity contribution in [3.63, 3.8) is 0 Å². The number of carbonyl (C=O) groups is 3. The van der Waals surface area contributed by atoms with Crippen molar-refractivity contribution in [3.8, 4) is 0 Å². The molecule has 0 aromatic heterocycles. The van der Waals surface area contributed by atoms with Crippen LogP contribution in [0, 0.1) is 0 Å². The lowest BCUT2D eigenvalue weighted by Crippen LogP contribution is -2.50. The second-order valence-corrected chi connectivity index (χ2v) is 5.22. The molecule has 1 atom stereocenters. The Hall–Kier alpha value is -1.39. The van der Waals surface area contributed by atoms with Crippen molar-refractivity contribution in [2.75, 3.05) is 0 Å². The average Bonchev–Trinajstić information content (AvgIpc) is 2.14. The Morgan fingerprint density at radius 1 is 1.24 bits per heavy atom. The average molecular weight is 241 g/mol. The van der Waals surface area contributed by atoms with Crippen molar-refractivity contribution in [3.05, 3.63) is 0 Å². The number of hydrogen-bond donors (Lipinski definition) is 0. The summed E-state index contributed by atoms with van der Waals surface area (Å²) in [6, 6.07) is -0.838. The fourth-order valence-electron chi connectivity index (χ4n) is 1.70. The van der Waals surface area contributed by atoms with E-state index in [1.165, 1.54) is 6.92 Å². The van der Waals surface area contributed by atoms with Gasteiger partial charge in [-0.15, -0.1) is 0 Å². The summed E-state index contributed by atoms with van der Waals surface area (Å²) in [5.74, 6) is -1.12. The lowest BCUT2D eigenvalue weighted by molar-refractivity contribution is -0.169. The number of rotatable bonds is 2. The summed E-state index contributed by atoms with van der Waals surface area (Å²) in [6.07, 6.45) is 1.20. The van der Waals surface area contributed by atoms with Crippen LogP contribution in [0.25, 0.3) is 0 Å². The maximum absolute atomic E-state index is 11.8. The Morgan fingerprint density at radius 2 is 1.71 bits per heavy atom. The fourth-order valence-corrected chi connectivity index (χ4v) is 1.70. The molecular weight excluding hydrogens is 222 g/mol.